The standard InChI is InChI=1S/C20H31N5O8/c1-19(2,3)32-15(26)21-10-7-8-13-31-18(30)25(17(28)29)14(24-12-9-11-22-24)23-16(27)33-20(4,5)6/h9,11-12H,7-8,10,13H2,1-6H3,(H,21,26)(H,28,29). The van der Waals surface area contributed by atoms with Crippen molar-refractivity contribution in [2.75, 3.05) is 13.2 Å². The number of carbonyl (C=O) groups is 4. The Labute approximate surface area is 191 Å². The number of alkyl carbamates (subject to hydrolysis) is 1. The van der Waals surface area contributed by atoms with E-state index in [9.17, 15) is 24.3 Å². The molecule has 184 valence electrons. The molecule has 0 unspecified atom stereocenters. The van der Waals surface area contributed by atoms with Crippen molar-refractivity contribution in [3.8, 4) is 0 Å². The van der Waals surface area contributed by atoms with Gasteiger partial charge in [-0.3, -0.25) is 0 Å². The van der Waals surface area contributed by atoms with Crippen LogP contribution in [0.15, 0.2) is 23.5 Å². The number of hydrogen-bond donors (Lipinski definition) is 2. The number of aliphatic imine (C=N–C) groups is 1. The summed E-state index contributed by atoms with van der Waals surface area (Å²) in [7, 11) is 0. The molecule has 0 aliphatic rings. The lowest BCUT2D eigenvalue weighted by Crippen LogP contribution is -2.45. The Morgan fingerprint density at radius 1 is 1.06 bits per heavy atom. The maximum Gasteiger partial charge on any atom is 0.437 e. The van der Waals surface area contributed by atoms with E-state index in [1.54, 1.807) is 41.5 Å². The summed E-state index contributed by atoms with van der Waals surface area (Å²) >= 11 is 0. The van der Waals surface area contributed by atoms with Crippen LogP contribution in [0, 0.1) is 0 Å². The molecule has 2 N–H and O–H groups in total. The van der Waals surface area contributed by atoms with Gasteiger partial charge in [-0.1, -0.05) is 0 Å². The molecule has 0 saturated heterocycles. The van der Waals surface area contributed by atoms with Crippen LogP contribution >= 0.6 is 0 Å². The van der Waals surface area contributed by atoms with Crippen molar-refractivity contribution in [3.63, 3.8) is 0 Å². The Kier molecular flexibility index (Phi) is 9.82. The van der Waals surface area contributed by atoms with E-state index in [1.807, 2.05) is 0 Å². The Morgan fingerprint density at radius 2 is 1.70 bits per heavy atom. The molecule has 13 nitrogen and oxygen atoms in total. The van der Waals surface area contributed by atoms with E-state index >= 15 is 0 Å². The summed E-state index contributed by atoms with van der Waals surface area (Å²) in [5.74, 6) is -0.627. The third-order valence-corrected chi connectivity index (χ3v) is 3.33. The first-order chi connectivity index (χ1) is 15.2. The molecule has 0 radical (unpaired) electrons. The first-order valence-corrected chi connectivity index (χ1v) is 10.2. The summed E-state index contributed by atoms with van der Waals surface area (Å²) in [5, 5.41) is 15.9. The molecule has 1 aromatic rings. The van der Waals surface area contributed by atoms with Crippen LogP contribution in [-0.4, -0.2) is 74.5 Å². The summed E-state index contributed by atoms with van der Waals surface area (Å²) in [6.45, 7) is 10.2. The lowest BCUT2D eigenvalue weighted by Gasteiger charge is -2.21. The van der Waals surface area contributed by atoms with Crippen molar-refractivity contribution in [1.82, 2.24) is 20.0 Å². The minimum absolute atomic E-state index is 0.141. The van der Waals surface area contributed by atoms with Gasteiger partial charge in [0, 0.05) is 18.9 Å². The SMILES string of the molecule is CC(C)(C)OC(=O)N=C(N(C(=O)O)C(=O)OCCCCNC(=O)OC(C)(C)C)n1cccn1. The molecule has 0 aromatic carbocycles. The van der Waals surface area contributed by atoms with Crippen LogP contribution < -0.4 is 5.32 Å². The normalized spacial score (nSPS) is 12.0. The predicted molar refractivity (Wildman–Crippen MR) is 116 cm³/mol. The second kappa shape index (κ2) is 11.8. The molecule has 0 aliphatic heterocycles. The second-order valence-corrected chi connectivity index (χ2v) is 8.71. The Morgan fingerprint density at radius 3 is 2.21 bits per heavy atom. The Balaban J connectivity index is 2.74. The topological polar surface area (TPSA) is 162 Å². The highest BCUT2D eigenvalue weighted by Gasteiger charge is 2.31. The van der Waals surface area contributed by atoms with Crippen molar-refractivity contribution in [2.45, 2.75) is 65.6 Å². The van der Waals surface area contributed by atoms with Gasteiger partial charge in [0.2, 0.25) is 0 Å². The lowest BCUT2D eigenvalue weighted by atomic mass is 10.2. The number of ether oxygens (including phenoxy) is 3. The first-order valence-electron chi connectivity index (χ1n) is 10.2. The molecular formula is C20H31N5O8. The van der Waals surface area contributed by atoms with Gasteiger partial charge in [0.05, 0.1) is 6.61 Å². The van der Waals surface area contributed by atoms with Gasteiger partial charge in [-0.25, -0.2) is 23.9 Å². The molecule has 1 aromatic heterocycles. The van der Waals surface area contributed by atoms with Gasteiger partial charge in [-0.2, -0.15) is 5.10 Å². The molecular weight excluding hydrogens is 438 g/mol. The van der Waals surface area contributed by atoms with Crippen molar-refractivity contribution in [3.05, 3.63) is 18.5 Å². The summed E-state index contributed by atoms with van der Waals surface area (Å²) in [6, 6.07) is 1.45. The van der Waals surface area contributed by atoms with Gasteiger partial charge < -0.3 is 24.6 Å². The van der Waals surface area contributed by atoms with Crippen molar-refractivity contribution in [1.29, 1.82) is 0 Å². The van der Waals surface area contributed by atoms with Crippen molar-refractivity contribution < 1.29 is 38.5 Å². The molecule has 4 amide bonds. The van der Waals surface area contributed by atoms with Crippen molar-refractivity contribution in [2.24, 2.45) is 4.99 Å². The lowest BCUT2D eigenvalue weighted by molar-refractivity contribution is 0.0522. The number of nitrogens with zero attached hydrogens (tertiary/aromatic N) is 4. The second-order valence-electron chi connectivity index (χ2n) is 8.71. The Bertz CT molecular complexity index is 853. The van der Waals surface area contributed by atoms with Crippen LogP contribution in [0.25, 0.3) is 0 Å². The number of carbonyl (C=O) groups excluding carboxylic acids is 3. The van der Waals surface area contributed by atoms with Gasteiger partial charge in [-0.15, -0.1) is 9.89 Å². The highest BCUT2D eigenvalue weighted by Crippen LogP contribution is 2.10. The summed E-state index contributed by atoms with van der Waals surface area (Å²) < 4.78 is 16.1. The minimum atomic E-state index is -1.73. The van der Waals surface area contributed by atoms with Crippen LogP contribution in [0.4, 0.5) is 19.2 Å². The van der Waals surface area contributed by atoms with E-state index in [4.69, 9.17) is 14.2 Å². The summed E-state index contributed by atoms with van der Waals surface area (Å²) in [5.41, 5.74) is -1.51. The minimum Gasteiger partial charge on any atom is -0.464 e. The maximum absolute atomic E-state index is 12.4. The Hall–Kier alpha value is -3.64. The highest BCUT2D eigenvalue weighted by atomic mass is 16.6. The van der Waals surface area contributed by atoms with E-state index in [-0.39, 0.29) is 18.1 Å². The molecule has 1 rings (SSSR count). The fourth-order valence-electron chi connectivity index (χ4n) is 2.16. The number of nitrogens with one attached hydrogen (secondary N) is 1. The highest BCUT2D eigenvalue weighted by molar-refractivity contribution is 6.10. The van der Waals surface area contributed by atoms with Crippen LogP contribution in [-0.2, 0) is 14.2 Å². The monoisotopic (exact) mass is 469 g/mol. The molecule has 13 heteroatoms. The molecule has 1 heterocycles. The molecule has 0 bridgehead atoms. The third-order valence-electron chi connectivity index (χ3n) is 3.33. The molecule has 0 atom stereocenters. The van der Waals surface area contributed by atoms with Gasteiger partial charge >= 0.3 is 24.4 Å². The third kappa shape index (κ3) is 11.0. The van der Waals surface area contributed by atoms with Gasteiger partial charge in [0.15, 0.2) is 0 Å². The fourth-order valence-corrected chi connectivity index (χ4v) is 2.16. The first kappa shape index (κ1) is 27.4. The molecule has 0 aliphatic carbocycles. The molecule has 0 spiro atoms. The van der Waals surface area contributed by atoms with Crippen LogP contribution in [0.5, 0.6) is 0 Å². The molecule has 0 fully saturated rings. The number of carboxylic acid groups (broad SMARTS) is 1. The smallest absolute Gasteiger partial charge is 0.437 e. The average molecular weight is 469 g/mol. The summed E-state index contributed by atoms with van der Waals surface area (Å²) in [4.78, 5) is 51.6. The van der Waals surface area contributed by atoms with E-state index in [2.05, 4.69) is 15.4 Å². The number of imide groups is 1. The quantitative estimate of drug-likeness (QED) is 0.285. The van der Waals surface area contributed by atoms with Crippen molar-refractivity contribution >= 4 is 30.3 Å². The average Bonchev–Trinajstić information content (AvgIpc) is 3.15. The van der Waals surface area contributed by atoms with Crippen LogP contribution in [0.2, 0.25) is 0 Å². The zero-order chi connectivity index (χ0) is 25.2. The zero-order valence-electron chi connectivity index (χ0n) is 19.7. The van der Waals surface area contributed by atoms with Crippen LogP contribution in [0.1, 0.15) is 54.4 Å². The number of amides is 4. The predicted octanol–water partition coefficient (Wildman–Crippen LogP) is 3.44. The number of hydrogen-bond acceptors (Lipinski definition) is 8. The van der Waals surface area contributed by atoms with E-state index in [0.29, 0.717) is 12.8 Å². The summed E-state index contributed by atoms with van der Waals surface area (Å²) in [6.07, 6.45) is -1.31. The van der Waals surface area contributed by atoms with Gasteiger partial charge in [-0.05, 0) is 60.5 Å². The van der Waals surface area contributed by atoms with Gasteiger partial charge in [0.25, 0.3) is 5.96 Å². The zero-order valence-corrected chi connectivity index (χ0v) is 19.7. The number of unbranched alkanes of at least 4 members (excludes halogenated alkanes) is 1. The molecule has 0 saturated carbocycles. The maximum atomic E-state index is 12.4. The molecule has 33 heavy (non-hydrogen) atoms. The number of aromatic nitrogens is 2. The van der Waals surface area contributed by atoms with E-state index in [0.717, 1.165) is 4.68 Å². The number of rotatable bonds is 5. The van der Waals surface area contributed by atoms with E-state index in [1.165, 1.54) is 18.5 Å². The largest absolute Gasteiger partial charge is 0.464 e. The van der Waals surface area contributed by atoms with Gasteiger partial charge in [0.1, 0.15) is 11.2 Å². The fraction of sp³-hybridized carbons (Fsp3) is 0.600. The van der Waals surface area contributed by atoms with E-state index < -0.39 is 41.5 Å². The van der Waals surface area contributed by atoms with Crippen LogP contribution in [0.3, 0.4) is 0 Å².